The first-order chi connectivity index (χ1) is 20.5. The highest BCUT2D eigenvalue weighted by Crippen LogP contribution is 2.30. The summed E-state index contributed by atoms with van der Waals surface area (Å²) in [7, 11) is -2.77. The minimum atomic E-state index is -4.25. The maximum atomic E-state index is 14.2. The molecule has 3 aromatic rings. The van der Waals surface area contributed by atoms with E-state index in [1.54, 1.807) is 37.3 Å². The Morgan fingerprint density at radius 3 is 2.12 bits per heavy atom. The Bertz CT molecular complexity index is 1510. The Kier molecular flexibility index (Phi) is 11.2. The monoisotopic (exact) mass is 665 g/mol. The highest BCUT2D eigenvalue weighted by Gasteiger charge is 2.35. The molecule has 1 aliphatic carbocycles. The van der Waals surface area contributed by atoms with Gasteiger partial charge < -0.3 is 15.0 Å². The molecule has 2 amide bonds. The summed E-state index contributed by atoms with van der Waals surface area (Å²) < 4.78 is 34.2. The Morgan fingerprint density at radius 1 is 0.953 bits per heavy atom. The number of ether oxygens (including phenoxy) is 1. The molecule has 1 N–H and O–H groups in total. The van der Waals surface area contributed by atoms with Crippen molar-refractivity contribution in [2.24, 2.45) is 0 Å². The van der Waals surface area contributed by atoms with Crippen LogP contribution in [0.25, 0.3) is 0 Å². The Labute approximate surface area is 267 Å². The fourth-order valence-electron chi connectivity index (χ4n) is 5.15. The fraction of sp³-hybridized carbons (Fsp3) is 0.355. The van der Waals surface area contributed by atoms with Gasteiger partial charge >= 0.3 is 0 Å². The number of carbonyl (C=O) groups excluding carboxylic acids is 2. The van der Waals surface area contributed by atoms with E-state index < -0.39 is 28.5 Å². The van der Waals surface area contributed by atoms with Gasteiger partial charge in [-0.1, -0.05) is 60.6 Å². The van der Waals surface area contributed by atoms with E-state index in [0.29, 0.717) is 32.8 Å². The summed E-state index contributed by atoms with van der Waals surface area (Å²) >= 11 is 19.1. The molecule has 1 fully saturated rings. The third-order valence-electron chi connectivity index (χ3n) is 7.52. The molecule has 0 radical (unpaired) electrons. The largest absolute Gasteiger partial charge is 0.497 e. The Balaban J connectivity index is 1.74. The van der Waals surface area contributed by atoms with Crippen LogP contribution >= 0.6 is 34.8 Å². The Morgan fingerprint density at radius 2 is 1.56 bits per heavy atom. The number of rotatable bonds is 12. The highest BCUT2D eigenvalue weighted by atomic mass is 35.5. The van der Waals surface area contributed by atoms with Gasteiger partial charge in [-0.2, -0.15) is 0 Å². The number of nitrogens with one attached hydrogen (secondary N) is 1. The molecule has 230 valence electrons. The van der Waals surface area contributed by atoms with Crippen LogP contribution < -0.4 is 14.4 Å². The van der Waals surface area contributed by atoms with Crippen LogP contribution in [0.2, 0.25) is 15.1 Å². The van der Waals surface area contributed by atoms with E-state index in [9.17, 15) is 18.0 Å². The number of hydrogen-bond acceptors (Lipinski definition) is 5. The molecule has 0 spiro atoms. The summed E-state index contributed by atoms with van der Waals surface area (Å²) in [6.07, 6.45) is 4.09. The van der Waals surface area contributed by atoms with Crippen LogP contribution in [-0.2, 0) is 26.2 Å². The van der Waals surface area contributed by atoms with Crippen molar-refractivity contribution in [2.45, 2.75) is 62.6 Å². The molecule has 1 aliphatic rings. The fourth-order valence-corrected chi connectivity index (χ4v) is 7.21. The van der Waals surface area contributed by atoms with Crippen LogP contribution in [0.1, 0.15) is 44.6 Å². The molecule has 0 unspecified atom stereocenters. The standard InChI is InChI=1S/C31H34Cl3N3O5S/c1-3-29(31(39)35-22-7-4-5-8-22)36(19-26-27(33)9-6-10-28(26)34)30(38)20-37(23-13-11-21(32)12-14-23)43(40,41)25-17-15-24(42-2)16-18-25/h6,9-18,22,29H,3-5,7-8,19-20H2,1-2H3,(H,35,39)/t29-/m0/s1. The minimum absolute atomic E-state index is 0.0309. The van der Waals surface area contributed by atoms with Crippen LogP contribution in [-0.4, -0.2) is 50.9 Å². The molecular formula is C31H34Cl3N3O5S. The molecule has 1 saturated carbocycles. The summed E-state index contributed by atoms with van der Waals surface area (Å²) in [5, 5.41) is 4.15. The highest BCUT2D eigenvalue weighted by molar-refractivity contribution is 7.92. The summed E-state index contributed by atoms with van der Waals surface area (Å²) in [5.74, 6) is -0.423. The van der Waals surface area contributed by atoms with Gasteiger partial charge in [0.05, 0.1) is 17.7 Å². The van der Waals surface area contributed by atoms with Gasteiger partial charge in [-0.05, 0) is 79.9 Å². The molecule has 43 heavy (non-hydrogen) atoms. The van der Waals surface area contributed by atoms with E-state index in [1.165, 1.54) is 48.4 Å². The van der Waals surface area contributed by atoms with Crippen molar-refractivity contribution in [3.63, 3.8) is 0 Å². The molecule has 0 aliphatic heterocycles. The third-order valence-corrected chi connectivity index (χ3v) is 10.3. The molecular weight excluding hydrogens is 633 g/mol. The van der Waals surface area contributed by atoms with Gasteiger partial charge in [0.1, 0.15) is 18.3 Å². The molecule has 8 nitrogen and oxygen atoms in total. The number of hydrogen-bond donors (Lipinski definition) is 1. The molecule has 0 saturated heterocycles. The quantitative estimate of drug-likeness (QED) is 0.232. The van der Waals surface area contributed by atoms with Gasteiger partial charge in [-0.25, -0.2) is 8.42 Å². The smallest absolute Gasteiger partial charge is 0.264 e. The van der Waals surface area contributed by atoms with E-state index in [4.69, 9.17) is 39.5 Å². The second-order valence-electron chi connectivity index (χ2n) is 10.3. The van der Waals surface area contributed by atoms with Crippen molar-refractivity contribution in [3.8, 4) is 5.75 Å². The van der Waals surface area contributed by atoms with Crippen LogP contribution in [0.4, 0.5) is 5.69 Å². The van der Waals surface area contributed by atoms with E-state index in [2.05, 4.69) is 5.32 Å². The SMILES string of the molecule is CC[C@@H](C(=O)NC1CCCC1)N(Cc1c(Cl)cccc1Cl)C(=O)CN(c1ccc(Cl)cc1)S(=O)(=O)c1ccc(OC)cc1. The maximum absolute atomic E-state index is 14.2. The van der Waals surface area contributed by atoms with E-state index in [1.807, 2.05) is 0 Å². The first-order valence-electron chi connectivity index (χ1n) is 14.0. The number of anilines is 1. The summed E-state index contributed by atoms with van der Waals surface area (Å²) in [6, 6.07) is 16.1. The molecule has 1 atom stereocenters. The topological polar surface area (TPSA) is 96.0 Å². The number of halogens is 3. The Hall–Kier alpha value is -2.98. The lowest BCUT2D eigenvalue weighted by atomic mass is 10.1. The average molecular weight is 667 g/mol. The van der Waals surface area contributed by atoms with Crippen molar-refractivity contribution >= 4 is 62.3 Å². The lowest BCUT2D eigenvalue weighted by molar-refractivity contribution is -0.140. The molecule has 3 aromatic carbocycles. The van der Waals surface area contributed by atoms with Crippen molar-refractivity contribution in [1.82, 2.24) is 10.2 Å². The van der Waals surface area contributed by atoms with Crippen LogP contribution in [0.5, 0.6) is 5.75 Å². The number of sulfonamides is 1. The van der Waals surface area contributed by atoms with E-state index in [0.717, 1.165) is 30.0 Å². The van der Waals surface area contributed by atoms with Crippen LogP contribution in [0.3, 0.4) is 0 Å². The van der Waals surface area contributed by atoms with Crippen molar-refractivity contribution < 1.29 is 22.7 Å². The van der Waals surface area contributed by atoms with Gasteiger partial charge in [-0.15, -0.1) is 0 Å². The summed E-state index contributed by atoms with van der Waals surface area (Å²) in [6.45, 7) is 1.12. The predicted octanol–water partition coefficient (Wildman–Crippen LogP) is 6.72. The van der Waals surface area contributed by atoms with E-state index >= 15 is 0 Å². The zero-order chi connectivity index (χ0) is 31.1. The average Bonchev–Trinajstić information content (AvgIpc) is 3.50. The molecule has 12 heteroatoms. The normalized spacial score (nSPS) is 14.3. The number of carbonyl (C=O) groups is 2. The number of nitrogens with zero attached hydrogens (tertiary/aromatic N) is 2. The molecule has 0 bridgehead atoms. The molecule has 0 aromatic heterocycles. The van der Waals surface area contributed by atoms with Gasteiger partial charge in [-0.3, -0.25) is 13.9 Å². The van der Waals surface area contributed by atoms with Crippen molar-refractivity contribution in [1.29, 1.82) is 0 Å². The maximum Gasteiger partial charge on any atom is 0.264 e. The summed E-state index contributed by atoms with van der Waals surface area (Å²) in [4.78, 5) is 29.2. The lowest BCUT2D eigenvalue weighted by Gasteiger charge is -2.34. The van der Waals surface area contributed by atoms with Crippen LogP contribution in [0, 0.1) is 0 Å². The lowest BCUT2D eigenvalue weighted by Crippen LogP contribution is -2.53. The first-order valence-corrected chi connectivity index (χ1v) is 16.6. The van der Waals surface area contributed by atoms with Gasteiger partial charge in [0.15, 0.2) is 0 Å². The number of amides is 2. The number of benzene rings is 3. The van der Waals surface area contributed by atoms with Gasteiger partial charge in [0.2, 0.25) is 11.8 Å². The summed E-state index contributed by atoms with van der Waals surface area (Å²) in [5.41, 5.74) is 0.690. The van der Waals surface area contributed by atoms with Crippen molar-refractivity contribution in [2.75, 3.05) is 18.0 Å². The zero-order valence-corrected chi connectivity index (χ0v) is 27.0. The second kappa shape index (κ2) is 14.7. The first kappa shape index (κ1) is 32.9. The van der Waals surface area contributed by atoms with Crippen molar-refractivity contribution in [3.05, 3.63) is 87.4 Å². The number of methoxy groups -OCH3 is 1. The van der Waals surface area contributed by atoms with E-state index in [-0.39, 0.29) is 29.1 Å². The van der Waals surface area contributed by atoms with Crippen LogP contribution in [0.15, 0.2) is 71.6 Å². The predicted molar refractivity (Wildman–Crippen MR) is 170 cm³/mol. The molecule has 0 heterocycles. The van der Waals surface area contributed by atoms with Gasteiger partial charge in [0.25, 0.3) is 10.0 Å². The minimum Gasteiger partial charge on any atom is -0.497 e. The van der Waals surface area contributed by atoms with Gasteiger partial charge in [0, 0.05) is 33.2 Å². The third kappa shape index (κ3) is 7.95. The second-order valence-corrected chi connectivity index (χ2v) is 13.4. The zero-order valence-electron chi connectivity index (χ0n) is 23.9. The molecule has 4 rings (SSSR count).